The molecule has 4 N–H and O–H groups in total. The fourth-order valence-corrected chi connectivity index (χ4v) is 1.69. The van der Waals surface area contributed by atoms with E-state index in [-0.39, 0.29) is 29.1 Å². The lowest BCUT2D eigenvalue weighted by atomic mass is 10.0. The molecule has 0 spiro atoms. The Morgan fingerprint density at radius 1 is 1.47 bits per heavy atom. The molecular formula is C13H20FN3O2. The molecule has 1 rings (SSSR count). The summed E-state index contributed by atoms with van der Waals surface area (Å²) in [6, 6.07) is 4.07. The number of ether oxygens (including phenoxy) is 1. The molecule has 106 valence electrons. The smallest absolute Gasteiger partial charge is 0.253 e. The Balaban J connectivity index is 2.91. The first-order valence-corrected chi connectivity index (χ1v) is 6.06. The quantitative estimate of drug-likeness (QED) is 0.540. The van der Waals surface area contributed by atoms with Gasteiger partial charge in [0.25, 0.3) is 5.91 Å². The first-order chi connectivity index (χ1) is 9.01. The summed E-state index contributed by atoms with van der Waals surface area (Å²) in [5.74, 6) is 4.49. The van der Waals surface area contributed by atoms with Gasteiger partial charge in [0.2, 0.25) is 0 Å². The van der Waals surface area contributed by atoms with Crippen molar-refractivity contribution in [2.45, 2.75) is 19.9 Å². The topological polar surface area (TPSA) is 76.4 Å². The number of rotatable bonds is 6. The van der Waals surface area contributed by atoms with Crippen LogP contribution in [0.25, 0.3) is 0 Å². The van der Waals surface area contributed by atoms with Crippen LogP contribution in [0.4, 0.5) is 10.1 Å². The Morgan fingerprint density at radius 3 is 2.68 bits per heavy atom. The lowest BCUT2D eigenvalue weighted by Gasteiger charge is -2.22. The molecule has 1 aromatic rings. The number of carbonyl (C=O) groups excluding carboxylic acids is 1. The highest BCUT2D eigenvalue weighted by Gasteiger charge is 2.20. The number of hydrazine groups is 1. The van der Waals surface area contributed by atoms with Gasteiger partial charge in [-0.2, -0.15) is 0 Å². The van der Waals surface area contributed by atoms with Gasteiger partial charge in [0.05, 0.1) is 23.9 Å². The summed E-state index contributed by atoms with van der Waals surface area (Å²) < 4.78 is 18.6. The Labute approximate surface area is 112 Å². The number of hydrogen-bond acceptors (Lipinski definition) is 4. The van der Waals surface area contributed by atoms with E-state index in [0.29, 0.717) is 6.61 Å². The Morgan fingerprint density at radius 2 is 2.16 bits per heavy atom. The number of benzene rings is 1. The summed E-state index contributed by atoms with van der Waals surface area (Å²) in [6.45, 7) is 4.33. The minimum atomic E-state index is -0.567. The Hall–Kier alpha value is -1.66. The molecule has 1 atom stereocenters. The van der Waals surface area contributed by atoms with Gasteiger partial charge in [-0.3, -0.25) is 10.6 Å². The first kappa shape index (κ1) is 15.4. The molecule has 0 heterocycles. The van der Waals surface area contributed by atoms with E-state index in [4.69, 9.17) is 10.6 Å². The number of methoxy groups -OCH3 is 1. The van der Waals surface area contributed by atoms with Crippen molar-refractivity contribution in [2.24, 2.45) is 11.8 Å². The molecule has 1 unspecified atom stereocenters. The van der Waals surface area contributed by atoms with Crippen LogP contribution in [0.1, 0.15) is 24.2 Å². The van der Waals surface area contributed by atoms with Gasteiger partial charge in [-0.25, -0.2) is 4.39 Å². The second-order valence-corrected chi connectivity index (χ2v) is 4.59. The fourth-order valence-electron chi connectivity index (χ4n) is 1.69. The highest BCUT2D eigenvalue weighted by atomic mass is 19.1. The minimum Gasteiger partial charge on any atom is -0.383 e. The number of anilines is 1. The Kier molecular flexibility index (Phi) is 5.72. The predicted octanol–water partition coefficient (Wildman–Crippen LogP) is 1.51. The molecule has 5 nitrogen and oxygen atoms in total. The number of nitrogens with two attached hydrogens (primary N) is 1. The highest BCUT2D eigenvalue weighted by Crippen LogP contribution is 2.19. The average Bonchev–Trinajstić information content (AvgIpc) is 2.37. The zero-order valence-electron chi connectivity index (χ0n) is 11.4. The van der Waals surface area contributed by atoms with Crippen molar-refractivity contribution in [3.63, 3.8) is 0 Å². The molecule has 0 aliphatic rings. The van der Waals surface area contributed by atoms with Crippen LogP contribution in [0.2, 0.25) is 0 Å². The number of para-hydroxylation sites is 1. The maximum Gasteiger partial charge on any atom is 0.253 e. The summed E-state index contributed by atoms with van der Waals surface area (Å²) in [5, 5.41) is 2.81. The molecule has 0 aliphatic carbocycles. The first-order valence-electron chi connectivity index (χ1n) is 6.06. The van der Waals surface area contributed by atoms with Crippen LogP contribution in [0.15, 0.2) is 18.2 Å². The van der Waals surface area contributed by atoms with E-state index in [2.05, 4.69) is 10.7 Å². The molecule has 0 aromatic heterocycles. The molecule has 0 saturated heterocycles. The second-order valence-electron chi connectivity index (χ2n) is 4.59. The van der Waals surface area contributed by atoms with E-state index in [1.807, 2.05) is 13.8 Å². The molecule has 0 bridgehead atoms. The molecule has 19 heavy (non-hydrogen) atoms. The molecule has 1 amide bonds. The van der Waals surface area contributed by atoms with Crippen LogP contribution < -0.4 is 16.6 Å². The van der Waals surface area contributed by atoms with Crippen molar-refractivity contribution in [3.05, 3.63) is 29.6 Å². The standard InChI is InChI=1S/C13H20FN3O2/c1-8(2)11(7-19-3)16-13(18)9-5-4-6-10(14)12(9)17-15/h4-6,8,11,17H,7,15H2,1-3H3,(H,16,18). The lowest BCUT2D eigenvalue weighted by molar-refractivity contribution is 0.0867. The third-order valence-corrected chi connectivity index (χ3v) is 2.87. The fraction of sp³-hybridized carbons (Fsp3) is 0.462. The van der Waals surface area contributed by atoms with Gasteiger partial charge < -0.3 is 15.5 Å². The zero-order valence-corrected chi connectivity index (χ0v) is 11.4. The largest absolute Gasteiger partial charge is 0.383 e. The molecule has 0 radical (unpaired) electrons. The monoisotopic (exact) mass is 269 g/mol. The van der Waals surface area contributed by atoms with Gasteiger partial charge in [0, 0.05) is 7.11 Å². The number of nitrogen functional groups attached to an aromatic ring is 1. The molecule has 0 aliphatic heterocycles. The molecule has 1 aromatic carbocycles. The van der Waals surface area contributed by atoms with E-state index in [1.165, 1.54) is 18.2 Å². The molecule has 6 heteroatoms. The molecular weight excluding hydrogens is 249 g/mol. The van der Waals surface area contributed by atoms with Crippen LogP contribution in [0, 0.1) is 11.7 Å². The van der Waals surface area contributed by atoms with Gasteiger partial charge in [0.1, 0.15) is 5.82 Å². The van der Waals surface area contributed by atoms with E-state index in [1.54, 1.807) is 7.11 Å². The van der Waals surface area contributed by atoms with E-state index in [9.17, 15) is 9.18 Å². The van der Waals surface area contributed by atoms with Crippen molar-refractivity contribution in [3.8, 4) is 0 Å². The Bertz CT molecular complexity index is 438. The van der Waals surface area contributed by atoms with Gasteiger partial charge in [-0.05, 0) is 18.1 Å². The molecule has 0 saturated carbocycles. The van der Waals surface area contributed by atoms with Crippen LogP contribution in [-0.2, 0) is 4.74 Å². The van der Waals surface area contributed by atoms with Crippen LogP contribution in [0.5, 0.6) is 0 Å². The second kappa shape index (κ2) is 7.06. The summed E-state index contributed by atoms with van der Waals surface area (Å²) in [6.07, 6.45) is 0. The zero-order chi connectivity index (χ0) is 14.4. The predicted molar refractivity (Wildman–Crippen MR) is 72.2 cm³/mol. The number of nitrogens with one attached hydrogen (secondary N) is 2. The third kappa shape index (κ3) is 3.90. The van der Waals surface area contributed by atoms with E-state index in [0.717, 1.165) is 0 Å². The van der Waals surface area contributed by atoms with Gasteiger partial charge in [0.15, 0.2) is 0 Å². The van der Waals surface area contributed by atoms with Crippen LogP contribution >= 0.6 is 0 Å². The SMILES string of the molecule is COCC(NC(=O)c1cccc(F)c1NN)C(C)C. The molecule has 0 fully saturated rings. The number of hydrogen-bond donors (Lipinski definition) is 3. The maximum absolute atomic E-state index is 13.5. The van der Waals surface area contributed by atoms with Crippen molar-refractivity contribution in [2.75, 3.05) is 19.1 Å². The summed E-state index contributed by atoms with van der Waals surface area (Å²) in [7, 11) is 1.57. The van der Waals surface area contributed by atoms with E-state index >= 15 is 0 Å². The van der Waals surface area contributed by atoms with Gasteiger partial charge in [-0.15, -0.1) is 0 Å². The summed E-state index contributed by atoms with van der Waals surface area (Å²) in [4.78, 5) is 12.1. The van der Waals surface area contributed by atoms with Crippen molar-refractivity contribution in [1.29, 1.82) is 0 Å². The third-order valence-electron chi connectivity index (χ3n) is 2.87. The van der Waals surface area contributed by atoms with Crippen molar-refractivity contribution in [1.82, 2.24) is 5.32 Å². The van der Waals surface area contributed by atoms with Gasteiger partial charge >= 0.3 is 0 Å². The number of amides is 1. The maximum atomic E-state index is 13.5. The number of halogens is 1. The summed E-state index contributed by atoms with van der Waals surface area (Å²) >= 11 is 0. The van der Waals surface area contributed by atoms with Gasteiger partial charge in [-0.1, -0.05) is 19.9 Å². The van der Waals surface area contributed by atoms with E-state index < -0.39 is 5.82 Å². The summed E-state index contributed by atoms with van der Waals surface area (Å²) in [5.41, 5.74) is 2.37. The highest BCUT2D eigenvalue weighted by molar-refractivity contribution is 5.99. The van der Waals surface area contributed by atoms with Crippen molar-refractivity contribution < 1.29 is 13.9 Å². The van der Waals surface area contributed by atoms with Crippen molar-refractivity contribution >= 4 is 11.6 Å². The number of carbonyl (C=O) groups is 1. The average molecular weight is 269 g/mol. The lowest BCUT2D eigenvalue weighted by Crippen LogP contribution is -2.42. The normalized spacial score (nSPS) is 12.3. The minimum absolute atomic E-state index is 0.0140. The van der Waals surface area contributed by atoms with Crippen LogP contribution in [-0.4, -0.2) is 25.7 Å². The van der Waals surface area contributed by atoms with Crippen LogP contribution in [0.3, 0.4) is 0 Å².